The van der Waals surface area contributed by atoms with Gasteiger partial charge in [-0.05, 0) is 50.1 Å². The van der Waals surface area contributed by atoms with E-state index in [1.54, 1.807) is 41.6 Å². The number of sulfonamides is 1. The summed E-state index contributed by atoms with van der Waals surface area (Å²) in [5.74, 6) is 0.260. The molecule has 1 heterocycles. The standard InChI is InChI=1S/C21H26N2O4S/c1-17(27-19-11-5-4-6-12-19)21(24)22-18-10-9-13-20(16-18)28(25,26)23-14-7-2-3-8-15-23/h4-6,9-13,16-17H,2-3,7-8,14-15H2,1H3,(H,22,24)/t17-/m0/s1. The number of rotatable bonds is 6. The summed E-state index contributed by atoms with van der Waals surface area (Å²) in [5.41, 5.74) is 0.435. The van der Waals surface area contributed by atoms with Gasteiger partial charge in [-0.15, -0.1) is 0 Å². The lowest BCUT2D eigenvalue weighted by Gasteiger charge is -2.20. The van der Waals surface area contributed by atoms with Crippen LogP contribution in [0.3, 0.4) is 0 Å². The third kappa shape index (κ3) is 5.11. The number of anilines is 1. The van der Waals surface area contributed by atoms with Crippen molar-refractivity contribution in [2.75, 3.05) is 18.4 Å². The summed E-state index contributed by atoms with van der Waals surface area (Å²) in [6.45, 7) is 2.74. The van der Waals surface area contributed by atoms with Crippen molar-refractivity contribution in [3.05, 3.63) is 54.6 Å². The third-order valence-electron chi connectivity index (χ3n) is 4.73. The highest BCUT2D eigenvalue weighted by molar-refractivity contribution is 7.89. The molecule has 0 aliphatic carbocycles. The maximum atomic E-state index is 12.9. The Morgan fingerprint density at radius 3 is 2.36 bits per heavy atom. The van der Waals surface area contributed by atoms with E-state index >= 15 is 0 Å². The molecule has 0 saturated carbocycles. The number of nitrogens with zero attached hydrogens (tertiary/aromatic N) is 1. The number of hydrogen-bond acceptors (Lipinski definition) is 4. The average molecular weight is 403 g/mol. The SMILES string of the molecule is C[C@H](Oc1ccccc1)C(=O)Nc1cccc(S(=O)(=O)N2CCCCCC2)c1. The van der Waals surface area contributed by atoms with Crippen LogP contribution >= 0.6 is 0 Å². The minimum atomic E-state index is -3.56. The maximum Gasteiger partial charge on any atom is 0.265 e. The van der Waals surface area contributed by atoms with Gasteiger partial charge in [0.2, 0.25) is 10.0 Å². The molecule has 0 aromatic heterocycles. The third-order valence-corrected chi connectivity index (χ3v) is 6.62. The van der Waals surface area contributed by atoms with Gasteiger partial charge in [0.1, 0.15) is 5.75 Å². The molecule has 0 bridgehead atoms. The van der Waals surface area contributed by atoms with E-state index < -0.39 is 16.1 Å². The molecular formula is C21H26N2O4S. The number of nitrogens with one attached hydrogen (secondary N) is 1. The lowest BCUT2D eigenvalue weighted by Crippen LogP contribution is -2.32. The number of carbonyl (C=O) groups excluding carboxylic acids is 1. The minimum Gasteiger partial charge on any atom is -0.481 e. The number of ether oxygens (including phenoxy) is 1. The Hall–Kier alpha value is -2.38. The second kappa shape index (κ2) is 9.21. The smallest absolute Gasteiger partial charge is 0.265 e. The molecule has 1 atom stereocenters. The van der Waals surface area contributed by atoms with Gasteiger partial charge in [-0.1, -0.05) is 37.1 Å². The molecule has 1 aliphatic heterocycles. The number of benzene rings is 2. The molecule has 6 nitrogen and oxygen atoms in total. The summed E-state index contributed by atoms with van der Waals surface area (Å²) in [5, 5.41) is 2.74. The molecule has 7 heteroatoms. The highest BCUT2D eigenvalue weighted by Crippen LogP contribution is 2.23. The van der Waals surface area contributed by atoms with E-state index in [4.69, 9.17) is 4.74 Å². The van der Waals surface area contributed by atoms with Crippen LogP contribution in [0.1, 0.15) is 32.6 Å². The van der Waals surface area contributed by atoms with E-state index in [1.807, 2.05) is 18.2 Å². The fraction of sp³-hybridized carbons (Fsp3) is 0.381. The van der Waals surface area contributed by atoms with Gasteiger partial charge in [-0.2, -0.15) is 4.31 Å². The van der Waals surface area contributed by atoms with Crippen LogP contribution in [0, 0.1) is 0 Å². The number of amides is 1. The first kappa shape index (κ1) is 20.4. The summed E-state index contributed by atoms with van der Waals surface area (Å²) < 4.78 is 33.0. The Labute approximate surface area is 166 Å². The highest BCUT2D eigenvalue weighted by Gasteiger charge is 2.25. The van der Waals surface area contributed by atoms with Gasteiger partial charge in [-0.25, -0.2) is 8.42 Å². The highest BCUT2D eigenvalue weighted by atomic mass is 32.2. The van der Waals surface area contributed by atoms with Gasteiger partial charge < -0.3 is 10.1 Å². The van der Waals surface area contributed by atoms with Gasteiger partial charge in [0.05, 0.1) is 4.90 Å². The normalized spacial score (nSPS) is 16.8. The predicted molar refractivity (Wildman–Crippen MR) is 109 cm³/mol. The zero-order valence-electron chi connectivity index (χ0n) is 16.0. The van der Waals surface area contributed by atoms with Crippen LogP contribution in [0.4, 0.5) is 5.69 Å². The van der Waals surface area contributed by atoms with E-state index in [0.717, 1.165) is 25.7 Å². The Morgan fingerprint density at radius 2 is 1.68 bits per heavy atom. The summed E-state index contributed by atoms with van der Waals surface area (Å²) in [4.78, 5) is 12.6. The molecule has 1 amide bonds. The van der Waals surface area contributed by atoms with E-state index in [-0.39, 0.29) is 10.8 Å². The van der Waals surface area contributed by atoms with Crippen LogP contribution in [-0.4, -0.2) is 37.8 Å². The van der Waals surface area contributed by atoms with E-state index in [9.17, 15) is 13.2 Å². The lowest BCUT2D eigenvalue weighted by atomic mass is 10.2. The molecule has 2 aromatic carbocycles. The van der Waals surface area contributed by atoms with Gasteiger partial charge in [0, 0.05) is 18.8 Å². The molecule has 2 aromatic rings. The second-order valence-corrected chi connectivity index (χ2v) is 8.85. The van der Waals surface area contributed by atoms with E-state index in [1.165, 1.54) is 6.07 Å². The van der Waals surface area contributed by atoms with Gasteiger partial charge in [-0.3, -0.25) is 4.79 Å². The van der Waals surface area contributed by atoms with Crippen molar-refractivity contribution in [1.82, 2.24) is 4.31 Å². The van der Waals surface area contributed by atoms with Crippen molar-refractivity contribution in [2.24, 2.45) is 0 Å². The van der Waals surface area contributed by atoms with Crippen molar-refractivity contribution in [2.45, 2.75) is 43.6 Å². The van der Waals surface area contributed by atoms with Crippen molar-refractivity contribution < 1.29 is 17.9 Å². The zero-order chi connectivity index (χ0) is 20.0. The first-order chi connectivity index (χ1) is 13.5. The van der Waals surface area contributed by atoms with Gasteiger partial charge >= 0.3 is 0 Å². The Balaban J connectivity index is 1.69. The summed E-state index contributed by atoms with van der Waals surface area (Å²) in [6.07, 6.45) is 3.16. The van der Waals surface area contributed by atoms with Crippen LogP contribution in [-0.2, 0) is 14.8 Å². The molecule has 1 saturated heterocycles. The van der Waals surface area contributed by atoms with Crippen LogP contribution in [0.2, 0.25) is 0 Å². The van der Waals surface area contributed by atoms with Crippen molar-refractivity contribution in [3.8, 4) is 5.75 Å². The summed E-state index contributed by atoms with van der Waals surface area (Å²) in [6, 6.07) is 15.5. The van der Waals surface area contributed by atoms with E-state index in [2.05, 4.69) is 5.32 Å². The maximum absolute atomic E-state index is 12.9. The predicted octanol–water partition coefficient (Wildman–Crippen LogP) is 3.66. The molecular weight excluding hydrogens is 376 g/mol. The number of hydrogen-bond donors (Lipinski definition) is 1. The Kier molecular flexibility index (Phi) is 6.70. The molecule has 0 unspecified atom stereocenters. The van der Waals surface area contributed by atoms with Crippen LogP contribution in [0.15, 0.2) is 59.5 Å². The molecule has 150 valence electrons. The van der Waals surface area contributed by atoms with Gasteiger partial charge in [0.25, 0.3) is 5.91 Å². The molecule has 1 aliphatic rings. The van der Waals surface area contributed by atoms with Crippen molar-refractivity contribution >= 4 is 21.6 Å². The summed E-state index contributed by atoms with van der Waals surface area (Å²) in [7, 11) is -3.56. The molecule has 1 fully saturated rings. The lowest BCUT2D eigenvalue weighted by molar-refractivity contribution is -0.122. The summed E-state index contributed by atoms with van der Waals surface area (Å²) >= 11 is 0. The second-order valence-electron chi connectivity index (χ2n) is 6.91. The van der Waals surface area contributed by atoms with E-state index in [0.29, 0.717) is 24.5 Å². The van der Waals surface area contributed by atoms with Gasteiger partial charge in [0.15, 0.2) is 6.10 Å². The van der Waals surface area contributed by atoms with Crippen LogP contribution < -0.4 is 10.1 Å². The van der Waals surface area contributed by atoms with Crippen LogP contribution in [0.25, 0.3) is 0 Å². The fourth-order valence-corrected chi connectivity index (χ4v) is 4.73. The van der Waals surface area contributed by atoms with Crippen molar-refractivity contribution in [1.29, 1.82) is 0 Å². The topological polar surface area (TPSA) is 75.7 Å². The Morgan fingerprint density at radius 1 is 1.00 bits per heavy atom. The molecule has 28 heavy (non-hydrogen) atoms. The zero-order valence-corrected chi connectivity index (χ0v) is 16.8. The number of carbonyl (C=O) groups is 1. The molecule has 1 N–H and O–H groups in total. The quantitative estimate of drug-likeness (QED) is 0.800. The molecule has 3 rings (SSSR count). The average Bonchev–Trinajstić information content (AvgIpc) is 2.99. The fourth-order valence-electron chi connectivity index (χ4n) is 3.17. The number of para-hydroxylation sites is 1. The first-order valence-electron chi connectivity index (χ1n) is 9.59. The van der Waals surface area contributed by atoms with Crippen molar-refractivity contribution in [3.63, 3.8) is 0 Å². The van der Waals surface area contributed by atoms with Crippen LogP contribution in [0.5, 0.6) is 5.75 Å². The molecule has 0 radical (unpaired) electrons. The largest absolute Gasteiger partial charge is 0.481 e. The first-order valence-corrected chi connectivity index (χ1v) is 11.0. The Bertz CT molecular complexity index is 892. The minimum absolute atomic E-state index is 0.198. The molecule has 0 spiro atoms. The monoisotopic (exact) mass is 402 g/mol.